The predicted molar refractivity (Wildman–Crippen MR) is 65.5 cm³/mol. The van der Waals surface area contributed by atoms with Crippen LogP contribution < -0.4 is 5.32 Å². The lowest BCUT2D eigenvalue weighted by molar-refractivity contribution is -0.144. The van der Waals surface area contributed by atoms with Crippen LogP contribution in [0.15, 0.2) is 6.07 Å². The maximum absolute atomic E-state index is 12.6. The molecule has 0 amide bonds. The Morgan fingerprint density at radius 1 is 1.40 bits per heavy atom. The number of rotatable bonds is 4. The Balaban J connectivity index is 2.40. The van der Waals surface area contributed by atoms with Gasteiger partial charge in [-0.15, -0.1) is 5.10 Å². The van der Waals surface area contributed by atoms with Crippen molar-refractivity contribution in [3.05, 3.63) is 17.6 Å². The van der Waals surface area contributed by atoms with Crippen molar-refractivity contribution in [1.82, 2.24) is 19.6 Å². The third-order valence-corrected chi connectivity index (χ3v) is 2.67. The first-order valence-electron chi connectivity index (χ1n) is 5.89. The van der Waals surface area contributed by atoms with Crippen molar-refractivity contribution >= 4 is 11.6 Å². The largest absolute Gasteiger partial charge is 0.453 e. The molecule has 110 valence electrons. The molecule has 0 saturated heterocycles. The molecule has 0 aromatic carbocycles. The summed E-state index contributed by atoms with van der Waals surface area (Å²) in [6.45, 7) is 3.93. The zero-order valence-corrected chi connectivity index (χ0v) is 11.2. The molecule has 0 bridgehead atoms. The molecule has 1 unspecified atom stereocenters. The summed E-state index contributed by atoms with van der Waals surface area (Å²) in [6.07, 6.45) is -4.69. The normalized spacial score (nSPS) is 13.7. The second-order valence-electron chi connectivity index (χ2n) is 4.35. The minimum absolute atomic E-state index is 0.0927. The maximum Gasteiger partial charge on any atom is 0.453 e. The van der Waals surface area contributed by atoms with Gasteiger partial charge in [-0.25, -0.2) is 4.98 Å². The van der Waals surface area contributed by atoms with Gasteiger partial charge in [-0.2, -0.15) is 22.7 Å². The van der Waals surface area contributed by atoms with Gasteiger partial charge in [0, 0.05) is 25.4 Å². The molecule has 1 atom stereocenters. The Hall–Kier alpha value is -1.90. The van der Waals surface area contributed by atoms with Crippen molar-refractivity contribution in [2.24, 2.45) is 0 Å². The van der Waals surface area contributed by atoms with Gasteiger partial charge in [-0.1, -0.05) is 0 Å². The van der Waals surface area contributed by atoms with E-state index >= 15 is 0 Å². The highest BCUT2D eigenvalue weighted by Crippen LogP contribution is 2.27. The van der Waals surface area contributed by atoms with Crippen molar-refractivity contribution in [2.45, 2.75) is 26.1 Å². The van der Waals surface area contributed by atoms with Crippen molar-refractivity contribution in [3.8, 4) is 0 Å². The van der Waals surface area contributed by atoms with Gasteiger partial charge >= 0.3 is 6.18 Å². The van der Waals surface area contributed by atoms with Crippen LogP contribution in [-0.2, 0) is 10.9 Å². The number of fused-ring (bicyclic) bond motifs is 1. The van der Waals surface area contributed by atoms with E-state index < -0.39 is 12.0 Å². The van der Waals surface area contributed by atoms with Gasteiger partial charge < -0.3 is 10.1 Å². The molecular weight excluding hydrogens is 275 g/mol. The second-order valence-corrected chi connectivity index (χ2v) is 4.35. The van der Waals surface area contributed by atoms with E-state index in [-0.39, 0.29) is 11.9 Å². The summed E-state index contributed by atoms with van der Waals surface area (Å²) in [7, 11) is 1.55. The van der Waals surface area contributed by atoms with Gasteiger partial charge in [0.25, 0.3) is 11.6 Å². The lowest BCUT2D eigenvalue weighted by atomic mass is 10.4. The van der Waals surface area contributed by atoms with E-state index in [0.717, 1.165) is 4.52 Å². The highest BCUT2D eigenvalue weighted by atomic mass is 19.4. The standard InChI is InChI=1S/C11H14F3N5O/c1-6-4-8(15-5-7(2)20-3)19-10(16-6)17-9(18-19)11(12,13)14/h4,7,15H,5H2,1-3H3. The number of hydrogen-bond donors (Lipinski definition) is 1. The average molecular weight is 289 g/mol. The number of nitrogens with one attached hydrogen (secondary N) is 1. The summed E-state index contributed by atoms with van der Waals surface area (Å²) in [6, 6.07) is 1.60. The molecule has 2 rings (SSSR count). The quantitative estimate of drug-likeness (QED) is 0.931. The number of aryl methyl sites for hydroxylation is 1. The topological polar surface area (TPSA) is 64.3 Å². The third kappa shape index (κ3) is 2.98. The molecule has 1 N–H and O–H groups in total. The van der Waals surface area contributed by atoms with Crippen LogP contribution in [0.4, 0.5) is 19.0 Å². The molecular formula is C11H14F3N5O. The SMILES string of the molecule is COC(C)CNc1cc(C)nc2nc(C(F)(F)F)nn12. The number of hydrogen-bond acceptors (Lipinski definition) is 5. The van der Waals surface area contributed by atoms with Gasteiger partial charge in [-0.05, 0) is 13.8 Å². The Labute approximate surface area is 113 Å². The van der Waals surface area contributed by atoms with E-state index in [4.69, 9.17) is 4.74 Å². The van der Waals surface area contributed by atoms with Crippen LogP contribution >= 0.6 is 0 Å². The van der Waals surface area contributed by atoms with E-state index in [0.29, 0.717) is 18.1 Å². The van der Waals surface area contributed by atoms with E-state index in [1.54, 1.807) is 20.1 Å². The van der Waals surface area contributed by atoms with Crippen LogP contribution in [0.3, 0.4) is 0 Å². The number of anilines is 1. The van der Waals surface area contributed by atoms with Crippen molar-refractivity contribution < 1.29 is 17.9 Å². The number of alkyl halides is 3. The highest BCUT2D eigenvalue weighted by Gasteiger charge is 2.36. The number of aromatic nitrogens is 4. The molecule has 9 heteroatoms. The van der Waals surface area contributed by atoms with Crippen LogP contribution in [0.2, 0.25) is 0 Å². The lowest BCUT2D eigenvalue weighted by Crippen LogP contribution is -2.20. The van der Waals surface area contributed by atoms with Crippen molar-refractivity contribution in [1.29, 1.82) is 0 Å². The van der Waals surface area contributed by atoms with Gasteiger partial charge in [0.2, 0.25) is 0 Å². The molecule has 0 aliphatic rings. The average Bonchev–Trinajstić information content (AvgIpc) is 2.78. The number of ether oxygens (including phenoxy) is 1. The van der Waals surface area contributed by atoms with Crippen molar-refractivity contribution in [3.63, 3.8) is 0 Å². The minimum atomic E-state index is -4.60. The summed E-state index contributed by atoms with van der Waals surface area (Å²) < 4.78 is 44.0. The Bertz CT molecular complexity index is 610. The maximum atomic E-state index is 12.6. The summed E-state index contributed by atoms with van der Waals surface area (Å²) in [5.41, 5.74) is 0.547. The van der Waals surface area contributed by atoms with Crippen LogP contribution in [0, 0.1) is 6.92 Å². The smallest absolute Gasteiger partial charge is 0.380 e. The zero-order valence-electron chi connectivity index (χ0n) is 11.2. The summed E-state index contributed by atoms with van der Waals surface area (Å²) in [5, 5.41) is 6.42. The molecule has 2 heterocycles. The number of nitrogens with zero attached hydrogens (tertiary/aromatic N) is 4. The van der Waals surface area contributed by atoms with E-state index in [1.807, 2.05) is 6.92 Å². The van der Waals surface area contributed by atoms with Gasteiger partial charge in [0.1, 0.15) is 5.82 Å². The molecule has 6 nitrogen and oxygen atoms in total. The van der Waals surface area contributed by atoms with Gasteiger partial charge in [0.05, 0.1) is 6.10 Å². The monoisotopic (exact) mass is 289 g/mol. The number of methoxy groups -OCH3 is 1. The van der Waals surface area contributed by atoms with E-state index in [2.05, 4.69) is 20.4 Å². The Morgan fingerprint density at radius 3 is 2.70 bits per heavy atom. The molecule has 0 spiro atoms. The van der Waals surface area contributed by atoms with Crippen LogP contribution in [0.5, 0.6) is 0 Å². The third-order valence-electron chi connectivity index (χ3n) is 2.67. The van der Waals surface area contributed by atoms with E-state index in [1.165, 1.54) is 0 Å². The fourth-order valence-electron chi connectivity index (χ4n) is 1.56. The predicted octanol–water partition coefficient (Wildman–Crippen LogP) is 1.90. The lowest BCUT2D eigenvalue weighted by Gasteiger charge is -2.12. The van der Waals surface area contributed by atoms with E-state index in [9.17, 15) is 13.2 Å². The Kier molecular flexibility index (Phi) is 3.80. The minimum Gasteiger partial charge on any atom is -0.380 e. The molecule has 0 radical (unpaired) electrons. The zero-order chi connectivity index (χ0) is 14.9. The van der Waals surface area contributed by atoms with Crippen LogP contribution in [0.1, 0.15) is 18.4 Å². The molecule has 0 aliphatic heterocycles. The van der Waals surface area contributed by atoms with Crippen LogP contribution in [-0.4, -0.2) is 39.3 Å². The fraction of sp³-hybridized carbons (Fsp3) is 0.545. The molecule has 2 aromatic rings. The van der Waals surface area contributed by atoms with Crippen LogP contribution in [0.25, 0.3) is 5.78 Å². The molecule has 0 saturated carbocycles. The first-order valence-corrected chi connectivity index (χ1v) is 5.89. The highest BCUT2D eigenvalue weighted by molar-refractivity contribution is 5.45. The van der Waals surface area contributed by atoms with Gasteiger partial charge in [-0.3, -0.25) is 0 Å². The molecule has 2 aromatic heterocycles. The molecule has 0 aliphatic carbocycles. The first kappa shape index (κ1) is 14.5. The first-order chi connectivity index (χ1) is 9.31. The fourth-order valence-corrected chi connectivity index (χ4v) is 1.56. The summed E-state index contributed by atoms with van der Waals surface area (Å²) in [4.78, 5) is 7.33. The number of halogens is 3. The molecule has 20 heavy (non-hydrogen) atoms. The van der Waals surface area contributed by atoms with Crippen molar-refractivity contribution in [2.75, 3.05) is 19.0 Å². The Morgan fingerprint density at radius 2 is 2.10 bits per heavy atom. The van der Waals surface area contributed by atoms with Gasteiger partial charge in [0.15, 0.2) is 0 Å². The second kappa shape index (κ2) is 5.23. The summed E-state index contributed by atoms with van der Waals surface area (Å²) in [5.74, 6) is -0.914. The summed E-state index contributed by atoms with van der Waals surface area (Å²) >= 11 is 0. The molecule has 0 fully saturated rings.